The van der Waals surface area contributed by atoms with Crippen LogP contribution in [0.3, 0.4) is 0 Å². The van der Waals surface area contributed by atoms with Crippen LogP contribution in [0.1, 0.15) is 30.6 Å². The summed E-state index contributed by atoms with van der Waals surface area (Å²) in [6.45, 7) is 0. The van der Waals surface area contributed by atoms with Crippen LogP contribution in [-0.2, 0) is 19.4 Å². The molecule has 0 saturated carbocycles. The van der Waals surface area contributed by atoms with Gasteiger partial charge in [0.2, 0.25) is 5.91 Å². The number of rotatable bonds is 6. The van der Waals surface area contributed by atoms with Gasteiger partial charge in [0.1, 0.15) is 4.75 Å². The van der Waals surface area contributed by atoms with Gasteiger partial charge in [-0.3, -0.25) is 15.0 Å². The Hall–Kier alpha value is -3.28. The zero-order valence-electron chi connectivity index (χ0n) is 18.2. The van der Waals surface area contributed by atoms with Crippen molar-refractivity contribution >= 4 is 44.5 Å². The van der Waals surface area contributed by atoms with E-state index in [-0.39, 0.29) is 12.2 Å². The van der Waals surface area contributed by atoms with E-state index in [1.54, 1.807) is 48.1 Å². The molecule has 2 aromatic heterocycles. The van der Waals surface area contributed by atoms with Crippen molar-refractivity contribution in [1.29, 1.82) is 0 Å². The van der Waals surface area contributed by atoms with Gasteiger partial charge in [0.15, 0.2) is 9.84 Å². The van der Waals surface area contributed by atoms with Crippen molar-refractivity contribution in [3.8, 4) is 10.4 Å². The van der Waals surface area contributed by atoms with Gasteiger partial charge >= 0.3 is 6.03 Å². The molecule has 0 bridgehead atoms. The maximum Gasteiger partial charge on any atom is 0.323 e. The Morgan fingerprint density at radius 3 is 2.59 bits per heavy atom. The van der Waals surface area contributed by atoms with Crippen LogP contribution in [0.4, 0.5) is 16.2 Å². The minimum absolute atomic E-state index is 0.00436. The molecule has 1 aliphatic heterocycles. The predicted octanol–water partition coefficient (Wildman–Crippen LogP) is 4.14. The molecule has 3 heterocycles. The highest BCUT2D eigenvalue weighted by Crippen LogP contribution is 2.47. The summed E-state index contributed by atoms with van der Waals surface area (Å²) in [4.78, 5) is 29.7. The Bertz CT molecular complexity index is 1290. The number of amides is 3. The van der Waals surface area contributed by atoms with Crippen LogP contribution in [0.15, 0.2) is 60.9 Å². The van der Waals surface area contributed by atoms with Gasteiger partial charge in [0.05, 0.1) is 24.1 Å². The maximum absolute atomic E-state index is 13.1. The molecule has 178 valence electrons. The second-order valence-corrected chi connectivity index (χ2v) is 11.6. The van der Waals surface area contributed by atoms with Gasteiger partial charge in [0.25, 0.3) is 0 Å². The van der Waals surface area contributed by atoms with Gasteiger partial charge in [-0.2, -0.15) is 0 Å². The first-order valence-electron chi connectivity index (χ1n) is 10.7. The van der Waals surface area contributed by atoms with Gasteiger partial charge < -0.3 is 10.6 Å². The Morgan fingerprint density at radius 2 is 1.85 bits per heavy atom. The Balaban J connectivity index is 1.58. The smallest absolute Gasteiger partial charge is 0.308 e. The molecule has 3 amide bonds. The van der Waals surface area contributed by atoms with Gasteiger partial charge in [0, 0.05) is 21.6 Å². The summed E-state index contributed by atoms with van der Waals surface area (Å²) in [5.74, 6) is -0.726. The molecule has 11 heteroatoms. The van der Waals surface area contributed by atoms with Gasteiger partial charge in [-0.15, -0.1) is 11.3 Å². The van der Waals surface area contributed by atoms with Crippen molar-refractivity contribution < 1.29 is 23.2 Å². The number of nitrogens with zero attached hydrogens (tertiary/aromatic N) is 1. The molecule has 0 aliphatic carbocycles. The normalized spacial score (nSPS) is 19.2. The number of carbonyl (C=O) groups is 2. The monoisotopic (exact) mass is 500 g/mol. The lowest BCUT2D eigenvalue weighted by Gasteiger charge is -2.35. The molecule has 1 saturated heterocycles. The number of hydroxylamine groups is 1. The number of hydrogen-bond acceptors (Lipinski definition) is 7. The maximum atomic E-state index is 13.1. The first kappa shape index (κ1) is 23.9. The molecular weight excluding hydrogens is 476 g/mol. The summed E-state index contributed by atoms with van der Waals surface area (Å²) >= 11 is 1.30. The number of carbonyl (C=O) groups excluding carboxylic acids is 2. The van der Waals surface area contributed by atoms with E-state index in [2.05, 4.69) is 15.6 Å². The number of nitrogens with one attached hydrogen (secondary N) is 3. The molecule has 0 radical (unpaired) electrons. The molecule has 4 rings (SSSR count). The van der Waals surface area contributed by atoms with Crippen LogP contribution in [0.2, 0.25) is 0 Å². The van der Waals surface area contributed by atoms with Gasteiger partial charge in [-0.1, -0.05) is 18.6 Å². The Morgan fingerprint density at radius 1 is 1.06 bits per heavy atom. The lowest BCUT2D eigenvalue weighted by Crippen LogP contribution is -2.43. The molecule has 4 N–H and O–H groups in total. The van der Waals surface area contributed by atoms with Crippen molar-refractivity contribution in [2.75, 3.05) is 16.4 Å². The quantitative estimate of drug-likeness (QED) is 0.296. The molecule has 1 fully saturated rings. The zero-order valence-corrected chi connectivity index (χ0v) is 19.8. The lowest BCUT2D eigenvalue weighted by molar-refractivity contribution is -0.130. The summed E-state index contributed by atoms with van der Waals surface area (Å²) in [5, 5.41) is 14.5. The van der Waals surface area contributed by atoms with Crippen molar-refractivity contribution in [2.45, 2.75) is 30.4 Å². The highest BCUT2D eigenvalue weighted by atomic mass is 32.2. The van der Waals surface area contributed by atoms with Crippen LogP contribution in [0, 0.1) is 0 Å². The summed E-state index contributed by atoms with van der Waals surface area (Å²) < 4.78 is 24.9. The first-order chi connectivity index (χ1) is 16.3. The predicted molar refractivity (Wildman–Crippen MR) is 130 cm³/mol. The molecule has 34 heavy (non-hydrogen) atoms. The molecule has 0 unspecified atom stereocenters. The van der Waals surface area contributed by atoms with Crippen LogP contribution < -0.4 is 16.1 Å². The molecule has 1 aromatic carbocycles. The van der Waals surface area contributed by atoms with E-state index in [9.17, 15) is 18.0 Å². The van der Waals surface area contributed by atoms with Gasteiger partial charge in [-0.05, 0) is 54.8 Å². The molecule has 9 nitrogen and oxygen atoms in total. The second kappa shape index (κ2) is 9.92. The summed E-state index contributed by atoms with van der Waals surface area (Å²) in [6.07, 6.45) is 4.37. The van der Waals surface area contributed by atoms with Crippen molar-refractivity contribution in [3.05, 3.63) is 65.8 Å². The number of aromatic nitrogens is 1. The van der Waals surface area contributed by atoms with Crippen LogP contribution in [-0.4, -0.2) is 36.3 Å². The minimum Gasteiger partial charge on any atom is -0.308 e. The van der Waals surface area contributed by atoms with E-state index in [0.717, 1.165) is 10.4 Å². The molecule has 3 aromatic rings. The second-order valence-electron chi connectivity index (χ2n) is 8.05. The van der Waals surface area contributed by atoms with E-state index >= 15 is 0 Å². The number of sulfone groups is 1. The Labute approximate surface area is 201 Å². The summed E-state index contributed by atoms with van der Waals surface area (Å²) in [6, 6.07) is 13.8. The number of hydrogen-bond donors (Lipinski definition) is 4. The fraction of sp³-hybridized carbons (Fsp3) is 0.261. The number of pyridine rings is 1. The lowest BCUT2D eigenvalue weighted by atomic mass is 9.94. The first-order valence-corrected chi connectivity index (χ1v) is 13.1. The average molecular weight is 501 g/mol. The highest BCUT2D eigenvalue weighted by molar-refractivity contribution is 7.92. The summed E-state index contributed by atoms with van der Waals surface area (Å²) in [5.41, 5.74) is 3.50. The van der Waals surface area contributed by atoms with E-state index in [1.807, 2.05) is 12.1 Å². The molecule has 1 atom stereocenters. The van der Waals surface area contributed by atoms with Gasteiger partial charge in [-0.25, -0.2) is 18.7 Å². The van der Waals surface area contributed by atoms with Crippen LogP contribution in [0.25, 0.3) is 10.4 Å². The molecular formula is C23H24N4O5S2. The number of benzene rings is 1. The minimum atomic E-state index is -3.60. The molecule has 0 spiro atoms. The van der Waals surface area contributed by atoms with E-state index < -0.39 is 26.5 Å². The standard InChI is InChI=1S/C23H24N4O5S2/c28-21(27-30)14-23(10-1-2-12-34(23,31)32)20-9-8-19(33-20)16-5-3-6-17(13-16)25-22(29)26-18-7-4-11-24-15-18/h3-9,11,13,15,30H,1-2,10,12,14H2,(H,27,28)(H2,25,26,29)/t23-/m0/s1. The Kier molecular flexibility index (Phi) is 6.96. The van der Waals surface area contributed by atoms with E-state index in [4.69, 9.17) is 5.21 Å². The summed E-state index contributed by atoms with van der Waals surface area (Å²) in [7, 11) is -3.60. The highest BCUT2D eigenvalue weighted by Gasteiger charge is 2.49. The third-order valence-electron chi connectivity index (χ3n) is 5.79. The topological polar surface area (TPSA) is 137 Å². The molecule has 1 aliphatic rings. The number of anilines is 2. The van der Waals surface area contributed by atoms with Crippen molar-refractivity contribution in [3.63, 3.8) is 0 Å². The fourth-order valence-electron chi connectivity index (χ4n) is 4.13. The van der Waals surface area contributed by atoms with E-state index in [1.165, 1.54) is 17.5 Å². The number of urea groups is 1. The zero-order chi connectivity index (χ0) is 24.2. The van der Waals surface area contributed by atoms with Crippen molar-refractivity contribution in [2.24, 2.45) is 0 Å². The third kappa shape index (κ3) is 4.96. The van der Waals surface area contributed by atoms with E-state index in [0.29, 0.717) is 35.5 Å². The average Bonchev–Trinajstić information content (AvgIpc) is 3.32. The van der Waals surface area contributed by atoms with Crippen LogP contribution >= 0.6 is 11.3 Å². The fourth-order valence-corrected chi connectivity index (χ4v) is 7.91. The number of thiophene rings is 1. The largest absolute Gasteiger partial charge is 0.323 e. The third-order valence-corrected chi connectivity index (χ3v) is 9.84. The van der Waals surface area contributed by atoms with Crippen molar-refractivity contribution in [1.82, 2.24) is 10.5 Å². The SMILES string of the molecule is O=C(C[C@]1(c2ccc(-c3cccc(NC(=O)Nc4cccnc4)c3)s2)CCCCS1(=O)=O)NO. The van der Waals surface area contributed by atoms with Crippen LogP contribution in [0.5, 0.6) is 0 Å².